The predicted molar refractivity (Wildman–Crippen MR) is 78.5 cm³/mol. The number of aliphatic hydroxyl groups is 1. The van der Waals surface area contributed by atoms with Crippen molar-refractivity contribution in [3.63, 3.8) is 0 Å². The van der Waals surface area contributed by atoms with Crippen molar-refractivity contribution in [1.82, 2.24) is 0 Å². The number of halogens is 1. The van der Waals surface area contributed by atoms with Gasteiger partial charge in [0.25, 0.3) is 0 Å². The molecular weight excluding hydrogens is 276 g/mol. The molecule has 0 aliphatic heterocycles. The van der Waals surface area contributed by atoms with Crippen molar-refractivity contribution in [3.8, 4) is 11.5 Å². The summed E-state index contributed by atoms with van der Waals surface area (Å²) >= 11 is 6.31. The summed E-state index contributed by atoms with van der Waals surface area (Å²) in [6.07, 6.45) is 4.60. The van der Waals surface area contributed by atoms with Crippen LogP contribution in [0.25, 0.3) is 0 Å². The Morgan fingerprint density at radius 1 is 1.10 bits per heavy atom. The second-order valence-corrected chi connectivity index (χ2v) is 6.27. The van der Waals surface area contributed by atoms with Gasteiger partial charge in [0.05, 0.1) is 25.3 Å². The standard InChI is InChI=1S/C16H21ClO3/c1-19-13-7-11(12(17)8-14(13)20-2)16(18)15-9-5-3-4-6-10(9)15/h7-10,15-16,18H,3-6H2,1-2H3. The molecule has 0 spiro atoms. The van der Waals surface area contributed by atoms with E-state index in [1.165, 1.54) is 25.7 Å². The highest BCUT2D eigenvalue weighted by atomic mass is 35.5. The summed E-state index contributed by atoms with van der Waals surface area (Å²) < 4.78 is 10.5. The van der Waals surface area contributed by atoms with E-state index in [2.05, 4.69) is 0 Å². The number of hydrogen-bond donors (Lipinski definition) is 1. The van der Waals surface area contributed by atoms with Crippen LogP contribution >= 0.6 is 11.6 Å². The van der Waals surface area contributed by atoms with Crippen LogP contribution in [0.3, 0.4) is 0 Å². The van der Waals surface area contributed by atoms with Crippen LogP contribution < -0.4 is 9.47 Å². The van der Waals surface area contributed by atoms with E-state index in [0.29, 0.717) is 34.3 Å². The van der Waals surface area contributed by atoms with Gasteiger partial charge in [-0.15, -0.1) is 0 Å². The lowest BCUT2D eigenvalue weighted by molar-refractivity contribution is 0.142. The minimum absolute atomic E-state index is 0.369. The van der Waals surface area contributed by atoms with Gasteiger partial charge in [-0.05, 0) is 36.7 Å². The van der Waals surface area contributed by atoms with Crippen molar-refractivity contribution < 1.29 is 14.6 Å². The van der Waals surface area contributed by atoms with E-state index in [0.717, 1.165) is 5.56 Å². The van der Waals surface area contributed by atoms with Crippen LogP contribution in [-0.2, 0) is 0 Å². The van der Waals surface area contributed by atoms with Gasteiger partial charge in [-0.25, -0.2) is 0 Å². The summed E-state index contributed by atoms with van der Waals surface area (Å²) in [4.78, 5) is 0. The molecule has 2 aliphatic carbocycles. The van der Waals surface area contributed by atoms with Crippen LogP contribution in [0.1, 0.15) is 37.4 Å². The minimum atomic E-state index is -0.490. The molecule has 0 aromatic heterocycles. The van der Waals surface area contributed by atoms with Crippen LogP contribution in [0.4, 0.5) is 0 Å². The van der Waals surface area contributed by atoms with Crippen LogP contribution in [0.2, 0.25) is 5.02 Å². The number of fused-ring (bicyclic) bond motifs is 1. The first kappa shape index (κ1) is 14.0. The van der Waals surface area contributed by atoms with Crippen LogP contribution in [0.15, 0.2) is 12.1 Å². The normalized spacial score (nSPS) is 29.5. The van der Waals surface area contributed by atoms with Gasteiger partial charge >= 0.3 is 0 Å². The topological polar surface area (TPSA) is 38.7 Å². The van der Waals surface area contributed by atoms with E-state index < -0.39 is 6.10 Å². The van der Waals surface area contributed by atoms with E-state index >= 15 is 0 Å². The van der Waals surface area contributed by atoms with Crippen molar-refractivity contribution in [1.29, 1.82) is 0 Å². The number of ether oxygens (including phenoxy) is 2. The number of aliphatic hydroxyl groups excluding tert-OH is 1. The molecule has 3 rings (SSSR count). The number of rotatable bonds is 4. The maximum absolute atomic E-state index is 10.7. The molecule has 2 saturated carbocycles. The molecule has 3 unspecified atom stereocenters. The zero-order valence-corrected chi connectivity index (χ0v) is 12.7. The quantitative estimate of drug-likeness (QED) is 0.918. The van der Waals surface area contributed by atoms with Gasteiger partial charge in [0.1, 0.15) is 0 Å². The molecule has 0 heterocycles. The van der Waals surface area contributed by atoms with Gasteiger partial charge in [0.15, 0.2) is 11.5 Å². The molecular formula is C16H21ClO3. The van der Waals surface area contributed by atoms with Gasteiger partial charge < -0.3 is 14.6 Å². The summed E-state index contributed by atoms with van der Waals surface area (Å²) in [6, 6.07) is 3.54. The van der Waals surface area contributed by atoms with E-state index in [-0.39, 0.29) is 0 Å². The Morgan fingerprint density at radius 3 is 2.20 bits per heavy atom. The van der Waals surface area contributed by atoms with Crippen molar-refractivity contribution in [2.75, 3.05) is 14.2 Å². The molecule has 4 heteroatoms. The number of hydrogen-bond acceptors (Lipinski definition) is 3. The summed E-state index contributed by atoms with van der Waals surface area (Å²) in [5, 5.41) is 11.2. The Hall–Kier alpha value is -0.930. The first-order valence-corrected chi connectivity index (χ1v) is 7.64. The fraction of sp³-hybridized carbons (Fsp3) is 0.625. The van der Waals surface area contributed by atoms with Crippen molar-refractivity contribution >= 4 is 11.6 Å². The monoisotopic (exact) mass is 296 g/mol. The van der Waals surface area contributed by atoms with Gasteiger partial charge in [0.2, 0.25) is 0 Å². The summed E-state index contributed by atoms with van der Waals surface area (Å²) in [5.74, 6) is 2.95. The van der Waals surface area contributed by atoms with Crippen molar-refractivity contribution in [2.45, 2.75) is 31.8 Å². The molecule has 3 nitrogen and oxygen atoms in total. The molecule has 0 amide bonds. The van der Waals surface area contributed by atoms with Gasteiger partial charge in [-0.3, -0.25) is 0 Å². The fourth-order valence-electron chi connectivity index (χ4n) is 3.82. The molecule has 2 fully saturated rings. The third-order valence-corrected chi connectivity index (χ3v) is 5.24. The van der Waals surface area contributed by atoms with Gasteiger partial charge in [0, 0.05) is 11.6 Å². The molecule has 1 aromatic rings. The highest BCUT2D eigenvalue weighted by molar-refractivity contribution is 6.31. The van der Waals surface area contributed by atoms with E-state index in [4.69, 9.17) is 21.1 Å². The molecule has 0 saturated heterocycles. The zero-order valence-electron chi connectivity index (χ0n) is 11.9. The Labute approximate surface area is 124 Å². The van der Waals surface area contributed by atoms with E-state index in [9.17, 15) is 5.11 Å². The maximum Gasteiger partial charge on any atom is 0.162 e. The SMILES string of the molecule is COc1cc(Cl)c(C(O)C2C3CCCCC32)cc1OC. The highest BCUT2D eigenvalue weighted by Gasteiger charge is 2.54. The zero-order chi connectivity index (χ0) is 14.3. The Bertz CT molecular complexity index is 491. The number of methoxy groups -OCH3 is 2. The van der Waals surface area contributed by atoms with Gasteiger partial charge in [-0.1, -0.05) is 24.4 Å². The molecule has 20 heavy (non-hydrogen) atoms. The molecule has 0 radical (unpaired) electrons. The summed E-state index contributed by atoms with van der Waals surface area (Å²) in [7, 11) is 3.18. The average molecular weight is 297 g/mol. The highest BCUT2D eigenvalue weighted by Crippen LogP contribution is 2.61. The van der Waals surface area contributed by atoms with Crippen molar-refractivity contribution in [2.24, 2.45) is 17.8 Å². The molecule has 1 N–H and O–H groups in total. The largest absolute Gasteiger partial charge is 0.493 e. The lowest BCUT2D eigenvalue weighted by atomic mass is 10.0. The molecule has 110 valence electrons. The third kappa shape index (κ3) is 2.27. The maximum atomic E-state index is 10.7. The Morgan fingerprint density at radius 2 is 1.65 bits per heavy atom. The van der Waals surface area contributed by atoms with Crippen LogP contribution in [0.5, 0.6) is 11.5 Å². The summed E-state index contributed by atoms with van der Waals surface area (Å²) in [5.41, 5.74) is 0.767. The van der Waals surface area contributed by atoms with Crippen molar-refractivity contribution in [3.05, 3.63) is 22.7 Å². The third-order valence-electron chi connectivity index (χ3n) is 4.91. The smallest absolute Gasteiger partial charge is 0.162 e. The molecule has 0 bridgehead atoms. The van der Waals surface area contributed by atoms with Gasteiger partial charge in [-0.2, -0.15) is 0 Å². The fourth-order valence-corrected chi connectivity index (χ4v) is 4.09. The van der Waals surface area contributed by atoms with Crippen LogP contribution in [-0.4, -0.2) is 19.3 Å². The summed E-state index contributed by atoms with van der Waals surface area (Å²) in [6.45, 7) is 0. The minimum Gasteiger partial charge on any atom is -0.493 e. The lowest BCUT2D eigenvalue weighted by Crippen LogP contribution is -2.04. The lowest BCUT2D eigenvalue weighted by Gasteiger charge is -2.16. The first-order chi connectivity index (χ1) is 9.67. The predicted octanol–water partition coefficient (Wildman–Crippen LogP) is 3.83. The Kier molecular flexibility index (Phi) is 3.83. The molecule has 2 aliphatic rings. The second-order valence-electron chi connectivity index (χ2n) is 5.86. The Balaban J connectivity index is 1.86. The average Bonchev–Trinajstić information content (AvgIpc) is 3.20. The second kappa shape index (κ2) is 5.45. The molecule has 3 atom stereocenters. The molecule has 1 aromatic carbocycles. The first-order valence-electron chi connectivity index (χ1n) is 7.27. The van der Waals surface area contributed by atoms with E-state index in [1.807, 2.05) is 6.07 Å². The van der Waals surface area contributed by atoms with Crippen LogP contribution in [0, 0.1) is 17.8 Å². The number of benzene rings is 1. The van der Waals surface area contributed by atoms with E-state index in [1.54, 1.807) is 20.3 Å².